The number of nitro benzene ring substituents is 1. The molecule has 1 atom stereocenters. The van der Waals surface area contributed by atoms with Gasteiger partial charge in [-0.3, -0.25) is 19.2 Å². The van der Waals surface area contributed by atoms with Gasteiger partial charge in [0.1, 0.15) is 11.4 Å². The second-order valence-corrected chi connectivity index (χ2v) is 8.04. The quantitative estimate of drug-likeness (QED) is 0.315. The summed E-state index contributed by atoms with van der Waals surface area (Å²) in [5.41, 5.74) is 0.574. The zero-order chi connectivity index (χ0) is 20.3. The minimum atomic E-state index is -4.00. The highest BCUT2D eigenvalue weighted by Crippen LogP contribution is 2.60. The molecule has 0 N–H and O–H groups in total. The van der Waals surface area contributed by atoms with E-state index in [0.717, 1.165) is 11.1 Å². The van der Waals surface area contributed by atoms with Gasteiger partial charge in [0.2, 0.25) is 0 Å². The summed E-state index contributed by atoms with van der Waals surface area (Å²) >= 11 is 0. The molecule has 1 heterocycles. The number of nitro groups is 1. The maximum atomic E-state index is 13.4. The molecule has 0 bridgehead atoms. The molecule has 3 aromatic rings. The third-order valence-corrected chi connectivity index (χ3v) is 6.18. The van der Waals surface area contributed by atoms with Gasteiger partial charge in [-0.1, -0.05) is 60.7 Å². The number of hydrogen-bond acceptors (Lipinski definition) is 6. The van der Waals surface area contributed by atoms with Crippen molar-refractivity contribution in [1.29, 1.82) is 0 Å². The van der Waals surface area contributed by atoms with Gasteiger partial charge in [0.25, 0.3) is 5.69 Å². The predicted octanol–water partition coefficient (Wildman–Crippen LogP) is 5.46. The van der Waals surface area contributed by atoms with Crippen LogP contribution in [0.2, 0.25) is 0 Å². The normalized spacial score (nSPS) is 20.7. The van der Waals surface area contributed by atoms with E-state index < -0.39 is 18.3 Å². The maximum Gasteiger partial charge on any atom is 0.531 e. The van der Waals surface area contributed by atoms with Gasteiger partial charge >= 0.3 is 7.82 Å². The fourth-order valence-corrected chi connectivity index (χ4v) is 4.86. The summed E-state index contributed by atoms with van der Waals surface area (Å²) in [5.74, 6) is 0.163. The van der Waals surface area contributed by atoms with E-state index in [-0.39, 0.29) is 18.0 Å². The Bertz CT molecular complexity index is 1000. The van der Waals surface area contributed by atoms with Crippen LogP contribution in [0.3, 0.4) is 0 Å². The monoisotopic (exact) mass is 411 g/mol. The first-order valence-corrected chi connectivity index (χ1v) is 10.5. The molecule has 0 radical (unpaired) electrons. The lowest BCUT2D eigenvalue weighted by molar-refractivity contribution is -0.384. The molecule has 0 amide bonds. The van der Waals surface area contributed by atoms with E-state index in [1.165, 1.54) is 24.3 Å². The molecule has 0 spiro atoms. The summed E-state index contributed by atoms with van der Waals surface area (Å²) in [7, 11) is -4.00. The molecule has 8 heteroatoms. The highest BCUT2D eigenvalue weighted by molar-refractivity contribution is 7.49. The molecule has 4 rings (SSSR count). The maximum absolute atomic E-state index is 13.4. The van der Waals surface area contributed by atoms with E-state index in [1.54, 1.807) is 0 Å². The standard InChI is InChI=1S/C21H18NO6P/c23-22(24)19-11-13-20(14-12-19)27-29(25)26-16-15-21(28-29,17-7-3-1-4-8-17)18-9-5-2-6-10-18/h1-14H,15-16H2. The molecule has 1 unspecified atom stereocenters. The van der Waals surface area contributed by atoms with Gasteiger partial charge in [-0.25, -0.2) is 4.57 Å². The van der Waals surface area contributed by atoms with Crippen molar-refractivity contribution in [2.45, 2.75) is 12.0 Å². The number of non-ortho nitro benzene ring substituents is 1. The molecule has 7 nitrogen and oxygen atoms in total. The van der Waals surface area contributed by atoms with Crippen LogP contribution in [0.25, 0.3) is 0 Å². The Labute approximate surface area is 167 Å². The Morgan fingerprint density at radius 1 is 0.897 bits per heavy atom. The van der Waals surface area contributed by atoms with Gasteiger partial charge in [-0.05, 0) is 23.3 Å². The molecule has 0 saturated carbocycles. The molecule has 1 fully saturated rings. The van der Waals surface area contributed by atoms with E-state index in [1.807, 2.05) is 60.7 Å². The number of phosphoric acid groups is 1. The summed E-state index contributed by atoms with van der Waals surface area (Å²) in [4.78, 5) is 10.3. The Kier molecular flexibility index (Phi) is 5.20. The van der Waals surface area contributed by atoms with Crippen molar-refractivity contribution in [3.05, 3.63) is 106 Å². The lowest BCUT2D eigenvalue weighted by Gasteiger charge is -2.40. The van der Waals surface area contributed by atoms with Crippen LogP contribution in [-0.2, 0) is 19.2 Å². The first-order chi connectivity index (χ1) is 14.0. The van der Waals surface area contributed by atoms with Gasteiger partial charge in [0.15, 0.2) is 0 Å². The van der Waals surface area contributed by atoms with Gasteiger partial charge in [0.05, 0.1) is 11.5 Å². The van der Waals surface area contributed by atoms with E-state index in [0.29, 0.717) is 6.42 Å². The average Bonchev–Trinajstić information content (AvgIpc) is 2.75. The van der Waals surface area contributed by atoms with Crippen LogP contribution in [-0.4, -0.2) is 11.5 Å². The summed E-state index contributed by atoms with van der Waals surface area (Å²) < 4.78 is 30.5. The average molecular weight is 411 g/mol. The number of nitrogens with zero attached hydrogens (tertiary/aromatic N) is 1. The third kappa shape index (κ3) is 3.93. The molecule has 0 aliphatic carbocycles. The second kappa shape index (κ2) is 7.79. The zero-order valence-corrected chi connectivity index (χ0v) is 16.2. The highest BCUT2D eigenvalue weighted by Gasteiger charge is 2.49. The van der Waals surface area contributed by atoms with Crippen molar-refractivity contribution in [1.82, 2.24) is 0 Å². The Balaban J connectivity index is 1.70. The number of rotatable bonds is 5. The molecule has 148 valence electrons. The smallest absolute Gasteiger partial charge is 0.404 e. The van der Waals surface area contributed by atoms with Gasteiger partial charge in [-0.2, -0.15) is 0 Å². The lowest BCUT2D eigenvalue weighted by Crippen LogP contribution is -2.36. The highest BCUT2D eigenvalue weighted by atomic mass is 31.2. The molecular weight excluding hydrogens is 393 g/mol. The van der Waals surface area contributed by atoms with E-state index in [2.05, 4.69) is 0 Å². The van der Waals surface area contributed by atoms with Crippen LogP contribution in [0.1, 0.15) is 17.5 Å². The van der Waals surface area contributed by atoms with Crippen LogP contribution in [0.5, 0.6) is 5.75 Å². The van der Waals surface area contributed by atoms with Crippen LogP contribution in [0.15, 0.2) is 84.9 Å². The largest absolute Gasteiger partial charge is 0.531 e. The van der Waals surface area contributed by atoms with Crippen molar-refractivity contribution in [2.24, 2.45) is 0 Å². The Morgan fingerprint density at radius 3 is 1.97 bits per heavy atom. The summed E-state index contributed by atoms with van der Waals surface area (Å²) in [6.07, 6.45) is 0.453. The minimum absolute atomic E-state index is 0.0935. The number of hydrogen-bond donors (Lipinski definition) is 0. The summed E-state index contributed by atoms with van der Waals surface area (Å²) in [6.45, 7) is 0.161. The van der Waals surface area contributed by atoms with Crippen molar-refractivity contribution >= 4 is 13.5 Å². The Morgan fingerprint density at radius 2 is 1.45 bits per heavy atom. The number of benzene rings is 3. The van der Waals surface area contributed by atoms with Gasteiger partial charge in [0, 0.05) is 18.6 Å². The van der Waals surface area contributed by atoms with Crippen molar-refractivity contribution in [2.75, 3.05) is 6.61 Å². The van der Waals surface area contributed by atoms with Crippen molar-refractivity contribution in [3.63, 3.8) is 0 Å². The number of phosphoric ester groups is 1. The third-order valence-electron chi connectivity index (χ3n) is 4.72. The van der Waals surface area contributed by atoms with Crippen LogP contribution < -0.4 is 4.52 Å². The van der Waals surface area contributed by atoms with Gasteiger partial charge in [-0.15, -0.1) is 0 Å². The van der Waals surface area contributed by atoms with Crippen molar-refractivity contribution in [3.8, 4) is 5.75 Å². The first kappa shape index (κ1) is 19.3. The summed E-state index contributed by atoms with van der Waals surface area (Å²) in [6, 6.07) is 24.3. The molecule has 29 heavy (non-hydrogen) atoms. The SMILES string of the molecule is O=[N+]([O-])c1ccc(OP2(=O)OCCC(c3ccccc3)(c3ccccc3)O2)cc1. The predicted molar refractivity (Wildman–Crippen MR) is 107 cm³/mol. The topological polar surface area (TPSA) is 87.9 Å². The zero-order valence-electron chi connectivity index (χ0n) is 15.3. The Hall–Kier alpha value is -2.99. The fraction of sp³-hybridized carbons (Fsp3) is 0.143. The second-order valence-electron chi connectivity index (χ2n) is 6.52. The van der Waals surface area contributed by atoms with Crippen LogP contribution >= 0.6 is 7.82 Å². The summed E-state index contributed by atoms with van der Waals surface area (Å²) in [5, 5.41) is 10.8. The minimum Gasteiger partial charge on any atom is -0.404 e. The van der Waals surface area contributed by atoms with Crippen molar-refractivity contribution < 1.29 is 23.1 Å². The lowest BCUT2D eigenvalue weighted by atomic mass is 9.84. The molecular formula is C21H18NO6P. The van der Waals surface area contributed by atoms with Gasteiger partial charge < -0.3 is 4.52 Å². The van der Waals surface area contributed by atoms with Crippen LogP contribution in [0, 0.1) is 10.1 Å². The molecule has 1 aliphatic rings. The molecule has 0 aromatic heterocycles. The fourth-order valence-electron chi connectivity index (χ4n) is 3.34. The molecule has 3 aromatic carbocycles. The molecule has 1 saturated heterocycles. The van der Waals surface area contributed by atoms with E-state index >= 15 is 0 Å². The van der Waals surface area contributed by atoms with Crippen LogP contribution in [0.4, 0.5) is 5.69 Å². The molecule has 1 aliphatic heterocycles. The first-order valence-electron chi connectivity index (χ1n) is 9.01. The van der Waals surface area contributed by atoms with E-state index in [4.69, 9.17) is 13.6 Å². The van der Waals surface area contributed by atoms with E-state index in [9.17, 15) is 14.7 Å².